The molecule has 0 aromatic carbocycles. The Labute approximate surface area is 97.0 Å². The van der Waals surface area contributed by atoms with Crippen LogP contribution in [0.5, 0.6) is 0 Å². The van der Waals surface area contributed by atoms with E-state index in [9.17, 15) is 9.90 Å². The Bertz CT molecular complexity index is 367. The fourth-order valence-electron chi connectivity index (χ4n) is 4.12. The lowest BCUT2D eigenvalue weighted by Gasteiger charge is -2.35. The van der Waals surface area contributed by atoms with Crippen LogP contribution in [-0.4, -0.2) is 10.9 Å². The minimum atomic E-state index is -0.689. The normalized spacial score (nSPS) is 40.0. The van der Waals surface area contributed by atoms with Crippen LogP contribution in [0.15, 0.2) is 25.0 Å². The molecule has 2 nitrogen and oxygen atoms in total. The molecule has 3 unspecified atom stereocenters. The zero-order chi connectivity index (χ0) is 12.1. The summed E-state index contributed by atoms with van der Waals surface area (Å²) >= 11 is 0. The summed E-state index contributed by atoms with van der Waals surface area (Å²) < 4.78 is 0. The fraction of sp³-hybridized carbons (Fsp3) is 0.643. The SMILES string of the molecule is C=CCC1C(=O)C2(C(=C)O)CCC1C2(C)C. The van der Waals surface area contributed by atoms with Crippen LogP contribution >= 0.6 is 0 Å². The van der Waals surface area contributed by atoms with E-state index in [4.69, 9.17) is 0 Å². The first-order valence-corrected chi connectivity index (χ1v) is 5.93. The van der Waals surface area contributed by atoms with Gasteiger partial charge in [-0.25, -0.2) is 0 Å². The van der Waals surface area contributed by atoms with E-state index in [0.29, 0.717) is 5.92 Å². The van der Waals surface area contributed by atoms with Crippen LogP contribution < -0.4 is 0 Å². The Kier molecular flexibility index (Phi) is 2.30. The fourth-order valence-corrected chi connectivity index (χ4v) is 4.12. The number of hydrogen-bond donors (Lipinski definition) is 1. The van der Waals surface area contributed by atoms with Gasteiger partial charge < -0.3 is 5.11 Å². The number of ketones is 1. The summed E-state index contributed by atoms with van der Waals surface area (Å²) in [5.41, 5.74) is -0.852. The van der Waals surface area contributed by atoms with Gasteiger partial charge in [0.25, 0.3) is 0 Å². The van der Waals surface area contributed by atoms with Crippen LogP contribution in [0.4, 0.5) is 0 Å². The predicted octanol–water partition coefficient (Wildman–Crippen LogP) is 3.26. The van der Waals surface area contributed by atoms with E-state index in [1.54, 1.807) is 0 Å². The molecule has 16 heavy (non-hydrogen) atoms. The van der Waals surface area contributed by atoms with E-state index in [-0.39, 0.29) is 22.9 Å². The number of carbonyl (C=O) groups is 1. The van der Waals surface area contributed by atoms with Gasteiger partial charge >= 0.3 is 0 Å². The van der Waals surface area contributed by atoms with Crippen LogP contribution in [-0.2, 0) is 4.79 Å². The number of aliphatic hydroxyl groups excluding tert-OH is 1. The molecule has 2 aliphatic rings. The highest BCUT2D eigenvalue weighted by molar-refractivity contribution is 5.94. The molecule has 0 aromatic rings. The monoisotopic (exact) mass is 220 g/mol. The number of hydrogen-bond acceptors (Lipinski definition) is 2. The molecular formula is C14H20O2. The van der Waals surface area contributed by atoms with Crippen LogP contribution in [0, 0.1) is 22.7 Å². The molecule has 3 atom stereocenters. The second-order valence-electron chi connectivity index (χ2n) is 5.71. The van der Waals surface area contributed by atoms with Gasteiger partial charge in [0.05, 0.1) is 11.2 Å². The lowest BCUT2D eigenvalue weighted by atomic mass is 9.68. The van der Waals surface area contributed by atoms with E-state index in [1.807, 2.05) is 6.08 Å². The maximum atomic E-state index is 12.5. The minimum Gasteiger partial charge on any atom is -0.512 e. The zero-order valence-corrected chi connectivity index (χ0v) is 10.1. The van der Waals surface area contributed by atoms with Gasteiger partial charge in [-0.05, 0) is 30.6 Å². The molecule has 2 fully saturated rings. The Balaban J connectivity index is 2.50. The second-order valence-corrected chi connectivity index (χ2v) is 5.71. The largest absolute Gasteiger partial charge is 0.512 e. The summed E-state index contributed by atoms with van der Waals surface area (Å²) in [4.78, 5) is 12.5. The average Bonchev–Trinajstić information content (AvgIpc) is 2.53. The third kappa shape index (κ3) is 1.00. The molecule has 0 heterocycles. The Morgan fingerprint density at radius 1 is 1.62 bits per heavy atom. The van der Waals surface area contributed by atoms with Crippen LogP contribution in [0.1, 0.15) is 33.1 Å². The molecule has 2 saturated carbocycles. The van der Waals surface area contributed by atoms with Crippen molar-refractivity contribution in [2.24, 2.45) is 22.7 Å². The lowest BCUT2D eigenvalue weighted by molar-refractivity contribution is -0.131. The third-order valence-electron chi connectivity index (χ3n) is 5.01. The first-order chi connectivity index (χ1) is 7.39. The number of aliphatic hydroxyl groups is 1. The van der Waals surface area contributed by atoms with Crippen molar-refractivity contribution >= 4 is 5.78 Å². The van der Waals surface area contributed by atoms with Crippen molar-refractivity contribution in [2.45, 2.75) is 33.1 Å². The van der Waals surface area contributed by atoms with E-state index >= 15 is 0 Å². The molecule has 2 aliphatic carbocycles. The van der Waals surface area contributed by atoms with Crippen molar-refractivity contribution in [2.75, 3.05) is 0 Å². The van der Waals surface area contributed by atoms with Gasteiger partial charge in [-0.2, -0.15) is 0 Å². The number of rotatable bonds is 3. The molecule has 2 rings (SSSR count). The Hall–Kier alpha value is -1.05. The molecule has 0 amide bonds. The second kappa shape index (κ2) is 3.22. The van der Waals surface area contributed by atoms with Crippen molar-refractivity contribution in [3.05, 3.63) is 25.0 Å². The molecule has 0 aromatic heterocycles. The summed E-state index contributed by atoms with van der Waals surface area (Å²) in [5.74, 6) is 0.643. The summed E-state index contributed by atoms with van der Waals surface area (Å²) in [7, 11) is 0. The highest BCUT2D eigenvalue weighted by Gasteiger charge is 2.69. The molecule has 88 valence electrons. The van der Waals surface area contributed by atoms with E-state index in [1.165, 1.54) is 0 Å². The number of fused-ring (bicyclic) bond motifs is 2. The molecular weight excluding hydrogens is 200 g/mol. The molecule has 0 radical (unpaired) electrons. The van der Waals surface area contributed by atoms with Crippen molar-refractivity contribution < 1.29 is 9.90 Å². The first kappa shape index (κ1) is 11.4. The summed E-state index contributed by atoms with van der Waals surface area (Å²) in [6, 6.07) is 0. The zero-order valence-electron chi connectivity index (χ0n) is 10.1. The van der Waals surface area contributed by atoms with Crippen LogP contribution in [0.3, 0.4) is 0 Å². The van der Waals surface area contributed by atoms with Gasteiger partial charge in [-0.15, -0.1) is 6.58 Å². The standard InChI is InChI=1S/C14H20O2/c1-5-6-10-11-7-8-14(9(2)15,12(10)16)13(11,3)4/h5,10-11,15H,1-2,6-8H2,3-4H3. The maximum Gasteiger partial charge on any atom is 0.150 e. The summed E-state index contributed by atoms with van der Waals surface area (Å²) in [6.45, 7) is 11.6. The van der Waals surface area contributed by atoms with Gasteiger partial charge in [-0.3, -0.25) is 4.79 Å². The average molecular weight is 220 g/mol. The predicted molar refractivity (Wildman–Crippen MR) is 64.0 cm³/mol. The van der Waals surface area contributed by atoms with Crippen molar-refractivity contribution in [3.8, 4) is 0 Å². The van der Waals surface area contributed by atoms with Gasteiger partial charge in [0.2, 0.25) is 0 Å². The van der Waals surface area contributed by atoms with Gasteiger partial charge in [0, 0.05) is 5.92 Å². The number of carbonyl (C=O) groups excluding carboxylic acids is 1. The number of Topliss-reactive ketones (excluding diaryl/α,β-unsaturated/α-hetero) is 1. The Morgan fingerprint density at radius 3 is 2.69 bits per heavy atom. The highest BCUT2D eigenvalue weighted by Crippen LogP contribution is 2.68. The third-order valence-corrected chi connectivity index (χ3v) is 5.01. The van der Waals surface area contributed by atoms with Gasteiger partial charge in [-0.1, -0.05) is 26.5 Å². The van der Waals surface area contributed by atoms with E-state index in [0.717, 1.165) is 19.3 Å². The maximum absolute atomic E-state index is 12.5. The molecule has 0 saturated heterocycles. The topological polar surface area (TPSA) is 37.3 Å². The lowest BCUT2D eigenvalue weighted by Crippen LogP contribution is -2.38. The smallest absolute Gasteiger partial charge is 0.150 e. The molecule has 1 N–H and O–H groups in total. The van der Waals surface area contributed by atoms with Crippen molar-refractivity contribution in [1.29, 1.82) is 0 Å². The van der Waals surface area contributed by atoms with Gasteiger partial charge in [0.15, 0.2) is 5.78 Å². The molecule has 0 spiro atoms. The van der Waals surface area contributed by atoms with E-state index < -0.39 is 5.41 Å². The van der Waals surface area contributed by atoms with Crippen molar-refractivity contribution in [1.82, 2.24) is 0 Å². The van der Waals surface area contributed by atoms with Crippen molar-refractivity contribution in [3.63, 3.8) is 0 Å². The summed E-state index contributed by atoms with van der Waals surface area (Å²) in [6.07, 6.45) is 4.30. The molecule has 2 heteroatoms. The Morgan fingerprint density at radius 2 is 2.25 bits per heavy atom. The summed E-state index contributed by atoms with van der Waals surface area (Å²) in [5, 5.41) is 9.88. The van der Waals surface area contributed by atoms with Crippen LogP contribution in [0.25, 0.3) is 0 Å². The molecule has 2 bridgehead atoms. The van der Waals surface area contributed by atoms with Crippen LogP contribution in [0.2, 0.25) is 0 Å². The quantitative estimate of drug-likeness (QED) is 0.585. The molecule has 0 aliphatic heterocycles. The van der Waals surface area contributed by atoms with Gasteiger partial charge in [0.1, 0.15) is 0 Å². The van der Waals surface area contributed by atoms with E-state index in [2.05, 4.69) is 27.0 Å². The first-order valence-electron chi connectivity index (χ1n) is 5.93. The minimum absolute atomic E-state index is 0.0325. The number of allylic oxidation sites excluding steroid dienone is 2. The highest BCUT2D eigenvalue weighted by atomic mass is 16.3.